The van der Waals surface area contributed by atoms with Gasteiger partial charge in [-0.25, -0.2) is 4.79 Å². The van der Waals surface area contributed by atoms with Crippen molar-refractivity contribution < 1.29 is 19.1 Å². The van der Waals surface area contributed by atoms with Crippen molar-refractivity contribution in [2.45, 2.75) is 34.3 Å². The average Bonchev–Trinajstić information content (AvgIpc) is 2.88. The molecule has 0 aliphatic carbocycles. The van der Waals surface area contributed by atoms with Gasteiger partial charge in [0.1, 0.15) is 12.4 Å². The molecule has 0 aliphatic rings. The molecule has 0 aliphatic heterocycles. The van der Waals surface area contributed by atoms with Gasteiger partial charge >= 0.3 is 5.97 Å². The molecule has 0 saturated carbocycles. The van der Waals surface area contributed by atoms with Gasteiger partial charge in [-0.15, -0.1) is 0 Å². The van der Waals surface area contributed by atoms with Crippen LogP contribution in [-0.4, -0.2) is 18.9 Å². The van der Waals surface area contributed by atoms with Gasteiger partial charge in [0, 0.05) is 0 Å². The van der Waals surface area contributed by atoms with E-state index in [0.717, 1.165) is 44.5 Å². The number of aryl methyl sites for hydroxylation is 3. The van der Waals surface area contributed by atoms with Crippen molar-refractivity contribution in [2.24, 2.45) is 0 Å². The molecule has 0 fully saturated rings. The van der Waals surface area contributed by atoms with E-state index in [1.54, 1.807) is 6.92 Å². The molecule has 0 saturated heterocycles. The van der Waals surface area contributed by atoms with E-state index in [1.165, 1.54) is 7.11 Å². The number of carbonyl (C=O) groups is 2. The van der Waals surface area contributed by atoms with Crippen molar-refractivity contribution in [3.05, 3.63) is 112 Å². The molecule has 0 heterocycles. The molecule has 4 rings (SSSR count). The Hall–Kier alpha value is -4.18. The molecule has 4 nitrogen and oxygen atoms in total. The summed E-state index contributed by atoms with van der Waals surface area (Å²) in [6.45, 7) is 8.03. The van der Waals surface area contributed by atoms with E-state index in [0.29, 0.717) is 23.5 Å². The zero-order valence-electron chi connectivity index (χ0n) is 21.3. The van der Waals surface area contributed by atoms with Gasteiger partial charge in [0.05, 0.1) is 18.2 Å². The minimum Gasteiger partial charge on any atom is -0.488 e. The van der Waals surface area contributed by atoms with Crippen LogP contribution in [0.5, 0.6) is 5.75 Å². The Morgan fingerprint density at radius 1 is 0.694 bits per heavy atom. The standard InChI is InChI=1S/C32H30O4/c1-20-15-25(11-13-27(20)32(34)35-5)29-16-22(3)30(17-21(29)2)26-12-14-28(23(4)33)31(18-26)36-19-24-9-7-6-8-10-24/h6-18H,19H2,1-5H3. The summed E-state index contributed by atoms with van der Waals surface area (Å²) in [5, 5.41) is 0. The molecule has 0 spiro atoms. The van der Waals surface area contributed by atoms with Crippen LogP contribution >= 0.6 is 0 Å². The maximum Gasteiger partial charge on any atom is 0.338 e. The van der Waals surface area contributed by atoms with Gasteiger partial charge in [0.15, 0.2) is 5.78 Å². The number of ether oxygens (including phenoxy) is 2. The Balaban J connectivity index is 1.69. The fraction of sp³-hybridized carbons (Fsp3) is 0.188. The van der Waals surface area contributed by atoms with Gasteiger partial charge in [0.25, 0.3) is 0 Å². The van der Waals surface area contributed by atoms with Crippen LogP contribution < -0.4 is 4.74 Å². The number of esters is 1. The first-order valence-electron chi connectivity index (χ1n) is 11.9. The Bertz CT molecular complexity index is 1430. The zero-order chi connectivity index (χ0) is 25.8. The third-order valence-electron chi connectivity index (χ3n) is 6.42. The molecule has 0 bridgehead atoms. The van der Waals surface area contributed by atoms with Crippen LogP contribution in [0.15, 0.2) is 78.9 Å². The van der Waals surface area contributed by atoms with Gasteiger partial charge in [0.2, 0.25) is 0 Å². The predicted octanol–water partition coefficient (Wildman–Crippen LogP) is 7.51. The number of benzene rings is 4. The molecule has 4 heteroatoms. The second kappa shape index (κ2) is 10.6. The number of hydrogen-bond donors (Lipinski definition) is 0. The zero-order valence-corrected chi connectivity index (χ0v) is 21.3. The minimum atomic E-state index is -0.332. The van der Waals surface area contributed by atoms with E-state index >= 15 is 0 Å². The molecule has 0 unspecified atom stereocenters. The Labute approximate surface area is 212 Å². The summed E-state index contributed by atoms with van der Waals surface area (Å²) < 4.78 is 11.0. The second-order valence-corrected chi connectivity index (χ2v) is 9.04. The van der Waals surface area contributed by atoms with Crippen molar-refractivity contribution in [2.75, 3.05) is 7.11 Å². The molecule has 0 N–H and O–H groups in total. The molecule has 0 radical (unpaired) electrons. The summed E-state index contributed by atoms with van der Waals surface area (Å²) in [6, 6.07) is 25.8. The summed E-state index contributed by atoms with van der Waals surface area (Å²) in [4.78, 5) is 24.2. The second-order valence-electron chi connectivity index (χ2n) is 9.04. The lowest BCUT2D eigenvalue weighted by atomic mass is 9.90. The van der Waals surface area contributed by atoms with Crippen LogP contribution in [0.4, 0.5) is 0 Å². The summed E-state index contributed by atoms with van der Waals surface area (Å²) in [6.07, 6.45) is 0. The van der Waals surface area contributed by atoms with Crippen molar-refractivity contribution in [3.63, 3.8) is 0 Å². The SMILES string of the molecule is COC(=O)c1ccc(-c2cc(C)c(-c3ccc(C(C)=O)c(OCc4ccccc4)c3)cc2C)cc1C. The number of carbonyl (C=O) groups excluding carboxylic acids is 2. The van der Waals surface area contributed by atoms with Crippen LogP contribution in [0.3, 0.4) is 0 Å². The summed E-state index contributed by atoms with van der Waals surface area (Å²) in [5.41, 5.74) is 9.51. The summed E-state index contributed by atoms with van der Waals surface area (Å²) in [7, 11) is 1.39. The summed E-state index contributed by atoms with van der Waals surface area (Å²) >= 11 is 0. The third kappa shape index (κ3) is 5.23. The van der Waals surface area contributed by atoms with Crippen LogP contribution in [-0.2, 0) is 11.3 Å². The largest absolute Gasteiger partial charge is 0.488 e. The van der Waals surface area contributed by atoms with Crippen LogP contribution in [0, 0.1) is 20.8 Å². The fourth-order valence-corrected chi connectivity index (χ4v) is 4.44. The Morgan fingerprint density at radius 3 is 1.83 bits per heavy atom. The molecule has 4 aromatic rings. The topological polar surface area (TPSA) is 52.6 Å². The first-order chi connectivity index (χ1) is 17.3. The molecular formula is C32H30O4. The van der Waals surface area contributed by atoms with Crippen LogP contribution in [0.1, 0.15) is 49.9 Å². The van der Waals surface area contributed by atoms with E-state index in [-0.39, 0.29) is 11.8 Å². The van der Waals surface area contributed by atoms with Gasteiger partial charge in [-0.2, -0.15) is 0 Å². The van der Waals surface area contributed by atoms with Gasteiger partial charge in [-0.3, -0.25) is 4.79 Å². The Kier molecular flexibility index (Phi) is 7.35. The van der Waals surface area contributed by atoms with Crippen molar-refractivity contribution in [1.82, 2.24) is 0 Å². The molecule has 36 heavy (non-hydrogen) atoms. The number of rotatable bonds is 7. The highest BCUT2D eigenvalue weighted by Crippen LogP contribution is 2.35. The van der Waals surface area contributed by atoms with Gasteiger partial charge in [-0.1, -0.05) is 60.7 Å². The lowest BCUT2D eigenvalue weighted by Gasteiger charge is -2.16. The predicted molar refractivity (Wildman–Crippen MR) is 144 cm³/mol. The first kappa shape index (κ1) is 24.9. The van der Waals surface area contributed by atoms with E-state index in [1.807, 2.05) is 73.7 Å². The quantitative estimate of drug-likeness (QED) is 0.204. The van der Waals surface area contributed by atoms with E-state index in [2.05, 4.69) is 26.0 Å². The molecule has 4 aromatic carbocycles. The highest BCUT2D eigenvalue weighted by molar-refractivity contribution is 5.97. The maximum atomic E-state index is 12.3. The lowest BCUT2D eigenvalue weighted by molar-refractivity contribution is 0.0599. The van der Waals surface area contributed by atoms with Crippen molar-refractivity contribution >= 4 is 11.8 Å². The van der Waals surface area contributed by atoms with Gasteiger partial charge < -0.3 is 9.47 Å². The van der Waals surface area contributed by atoms with Crippen molar-refractivity contribution in [3.8, 4) is 28.0 Å². The number of hydrogen-bond acceptors (Lipinski definition) is 4. The Morgan fingerprint density at radius 2 is 1.28 bits per heavy atom. The number of ketones is 1. The van der Waals surface area contributed by atoms with Gasteiger partial charge in [-0.05, 0) is 90.4 Å². The minimum absolute atomic E-state index is 0.0290. The number of Topliss-reactive ketones (excluding diaryl/α,β-unsaturated/α-hetero) is 1. The third-order valence-corrected chi connectivity index (χ3v) is 6.42. The smallest absolute Gasteiger partial charge is 0.338 e. The van der Waals surface area contributed by atoms with E-state index < -0.39 is 0 Å². The lowest BCUT2D eigenvalue weighted by Crippen LogP contribution is -2.03. The molecule has 0 amide bonds. The molecule has 0 aromatic heterocycles. The van der Waals surface area contributed by atoms with Crippen molar-refractivity contribution in [1.29, 1.82) is 0 Å². The molecular weight excluding hydrogens is 448 g/mol. The van der Waals surface area contributed by atoms with E-state index in [9.17, 15) is 9.59 Å². The molecule has 0 atom stereocenters. The highest BCUT2D eigenvalue weighted by atomic mass is 16.5. The fourth-order valence-electron chi connectivity index (χ4n) is 4.44. The monoisotopic (exact) mass is 478 g/mol. The normalized spacial score (nSPS) is 10.7. The maximum absolute atomic E-state index is 12.3. The number of methoxy groups -OCH3 is 1. The highest BCUT2D eigenvalue weighted by Gasteiger charge is 2.15. The molecule has 182 valence electrons. The van der Waals surface area contributed by atoms with Crippen LogP contribution in [0.2, 0.25) is 0 Å². The van der Waals surface area contributed by atoms with E-state index in [4.69, 9.17) is 9.47 Å². The summed E-state index contributed by atoms with van der Waals surface area (Å²) in [5.74, 6) is 0.222. The van der Waals surface area contributed by atoms with Crippen LogP contribution in [0.25, 0.3) is 22.3 Å². The first-order valence-corrected chi connectivity index (χ1v) is 11.9. The average molecular weight is 479 g/mol.